The van der Waals surface area contributed by atoms with Crippen LogP contribution in [0.1, 0.15) is 53.4 Å². The molecule has 0 heterocycles. The van der Waals surface area contributed by atoms with Crippen molar-refractivity contribution in [2.75, 3.05) is 125 Å². The fraction of sp³-hybridized carbons (Fsp3) is 0.560. The maximum absolute atomic E-state index is 11.7. The summed E-state index contributed by atoms with van der Waals surface area (Å²) in [4.78, 5) is 114. The molecule has 0 saturated carbocycles. The number of esters is 8. The van der Waals surface area contributed by atoms with E-state index in [0.29, 0.717) is 45.7 Å². The monoisotopic (exact) mass is 1150 g/mol. The number of nitrogens with one attached hydrogen (secondary N) is 2. The van der Waals surface area contributed by atoms with Crippen molar-refractivity contribution in [3.05, 3.63) is 72.9 Å². The van der Waals surface area contributed by atoms with Gasteiger partial charge in [0.2, 0.25) is 0 Å². The fourth-order valence-electron chi connectivity index (χ4n) is 4.23. The number of thioether (sulfide) groups is 4. The minimum absolute atomic E-state index is 0.0513. The van der Waals surface area contributed by atoms with Gasteiger partial charge in [0.15, 0.2) is 0 Å². The lowest BCUT2D eigenvalue weighted by Gasteiger charge is -2.09. The molecule has 0 aliphatic heterocycles. The number of carbonyl (C=O) groups excluding carboxylic acids is 10. The summed E-state index contributed by atoms with van der Waals surface area (Å²) in [5.41, 5.74) is 3.08. The van der Waals surface area contributed by atoms with E-state index in [4.69, 9.17) is 47.4 Å². The summed E-state index contributed by atoms with van der Waals surface area (Å²) in [6.07, 6.45) is -1.63. The largest absolute Gasteiger partial charge is 0.465 e. The van der Waals surface area contributed by atoms with Gasteiger partial charge in [-0.3, -0.25) is 19.2 Å². The van der Waals surface area contributed by atoms with Gasteiger partial charge in [0.25, 0.3) is 0 Å². The van der Waals surface area contributed by atoms with Crippen LogP contribution in [0.5, 0.6) is 0 Å². The molecular formula is C50H74N2O20S4. The van der Waals surface area contributed by atoms with Gasteiger partial charge < -0.3 is 58.0 Å². The Kier molecular flexibility index (Phi) is 45.2. The predicted molar refractivity (Wildman–Crippen MR) is 292 cm³/mol. The van der Waals surface area contributed by atoms with E-state index in [0.717, 1.165) is 22.7 Å². The second-order valence-electron chi connectivity index (χ2n) is 15.4. The molecule has 0 spiro atoms. The molecule has 0 radical (unpaired) electrons. The average molecular weight is 1150 g/mol. The lowest BCUT2D eigenvalue weighted by atomic mass is 10.3. The SMILES string of the molecule is C=C(CSCCOC(=O)CCC(=O)OCCOC(=O)C(=C)C)CSCCOC(=O)CCC(=O)OCCOC(=O)C(=C)C.C=C(CSCCOC(=O)NCCOC(=O)C(=C)C)CSCCOC(=O)NCCOC(=O)C(=C)C. The average Bonchev–Trinajstić information content (AvgIpc) is 3.36. The highest BCUT2D eigenvalue weighted by Gasteiger charge is 2.13. The van der Waals surface area contributed by atoms with Gasteiger partial charge in [-0.2, -0.15) is 47.0 Å². The van der Waals surface area contributed by atoms with Crippen LogP contribution in [0.3, 0.4) is 0 Å². The number of rotatable bonds is 42. The minimum atomic E-state index is -0.589. The fourth-order valence-corrected chi connectivity index (χ4v) is 7.43. The third kappa shape index (κ3) is 47.8. The normalized spacial score (nSPS) is 10.1. The van der Waals surface area contributed by atoms with Crippen LogP contribution < -0.4 is 10.6 Å². The van der Waals surface area contributed by atoms with Crippen LogP contribution in [0.15, 0.2) is 72.9 Å². The van der Waals surface area contributed by atoms with Crippen molar-refractivity contribution in [3.63, 3.8) is 0 Å². The molecule has 0 saturated heterocycles. The maximum atomic E-state index is 11.7. The molecule has 0 fully saturated rings. The number of amides is 2. The van der Waals surface area contributed by atoms with Crippen LogP contribution in [0.25, 0.3) is 0 Å². The van der Waals surface area contributed by atoms with Crippen LogP contribution in [-0.4, -0.2) is 185 Å². The number of ether oxygens (including phenoxy) is 10. The maximum Gasteiger partial charge on any atom is 0.407 e. The molecule has 0 rings (SSSR count). The third-order valence-electron chi connectivity index (χ3n) is 7.96. The van der Waals surface area contributed by atoms with Gasteiger partial charge >= 0.3 is 59.9 Å². The Morgan fingerprint density at radius 3 is 0.803 bits per heavy atom. The van der Waals surface area contributed by atoms with Gasteiger partial charge in [-0.15, -0.1) is 0 Å². The molecule has 428 valence electrons. The van der Waals surface area contributed by atoms with Crippen molar-refractivity contribution < 1.29 is 95.3 Å². The quantitative estimate of drug-likeness (QED) is 0.0244. The van der Waals surface area contributed by atoms with Crippen LogP contribution in [0.4, 0.5) is 9.59 Å². The van der Waals surface area contributed by atoms with Crippen molar-refractivity contribution in [3.8, 4) is 0 Å². The van der Waals surface area contributed by atoms with Gasteiger partial charge in [0.1, 0.15) is 66.1 Å². The summed E-state index contributed by atoms with van der Waals surface area (Å²) in [6.45, 7) is 28.8. The summed E-state index contributed by atoms with van der Waals surface area (Å²) in [5, 5.41) is 4.97. The highest BCUT2D eigenvalue weighted by atomic mass is 32.2. The lowest BCUT2D eigenvalue weighted by molar-refractivity contribution is -0.152. The summed E-state index contributed by atoms with van der Waals surface area (Å²) in [5.74, 6) is 0.804. The molecule has 0 aliphatic rings. The topological polar surface area (TPSA) is 287 Å². The van der Waals surface area contributed by atoms with Gasteiger partial charge in [-0.05, 0) is 27.7 Å². The molecule has 0 unspecified atom stereocenters. The van der Waals surface area contributed by atoms with Crippen molar-refractivity contribution in [1.82, 2.24) is 10.6 Å². The van der Waals surface area contributed by atoms with Crippen LogP contribution >= 0.6 is 47.0 Å². The first-order valence-electron chi connectivity index (χ1n) is 23.4. The van der Waals surface area contributed by atoms with Crippen molar-refractivity contribution in [2.24, 2.45) is 0 Å². The highest BCUT2D eigenvalue weighted by molar-refractivity contribution is 8.00. The minimum Gasteiger partial charge on any atom is -0.465 e. The van der Waals surface area contributed by atoms with Crippen molar-refractivity contribution in [2.45, 2.75) is 53.4 Å². The molecule has 0 aliphatic carbocycles. The molecule has 0 aromatic heterocycles. The smallest absolute Gasteiger partial charge is 0.407 e. The van der Waals surface area contributed by atoms with Gasteiger partial charge in [-0.1, -0.05) is 50.6 Å². The van der Waals surface area contributed by atoms with Crippen molar-refractivity contribution >= 4 is 107 Å². The molecule has 2 N–H and O–H groups in total. The van der Waals surface area contributed by atoms with Gasteiger partial charge in [0.05, 0.1) is 38.8 Å². The summed E-state index contributed by atoms with van der Waals surface area (Å²) >= 11 is 6.27. The third-order valence-corrected chi connectivity index (χ3v) is 12.2. The Balaban J connectivity index is 0. The Morgan fingerprint density at radius 1 is 0.316 bits per heavy atom. The Bertz CT molecular complexity index is 1830. The lowest BCUT2D eigenvalue weighted by Crippen LogP contribution is -2.29. The predicted octanol–water partition coefficient (Wildman–Crippen LogP) is 5.68. The second kappa shape index (κ2) is 47.6. The van der Waals surface area contributed by atoms with Crippen LogP contribution in [-0.2, 0) is 85.7 Å². The van der Waals surface area contributed by atoms with Crippen molar-refractivity contribution in [1.29, 1.82) is 0 Å². The molecule has 0 aromatic rings. The molecule has 26 heteroatoms. The molecule has 76 heavy (non-hydrogen) atoms. The molecule has 0 aromatic carbocycles. The number of hydrogen-bond acceptors (Lipinski definition) is 24. The summed E-state index contributed by atoms with van der Waals surface area (Å²) < 4.78 is 49.2. The Morgan fingerprint density at radius 2 is 0.539 bits per heavy atom. The van der Waals surface area contributed by atoms with Crippen LogP contribution in [0, 0.1) is 0 Å². The van der Waals surface area contributed by atoms with E-state index in [1.54, 1.807) is 60.9 Å². The van der Waals surface area contributed by atoms with E-state index in [-0.39, 0.29) is 116 Å². The molecule has 0 bridgehead atoms. The van der Waals surface area contributed by atoms with E-state index in [1.807, 2.05) is 0 Å². The zero-order valence-corrected chi connectivity index (χ0v) is 47.3. The van der Waals surface area contributed by atoms with E-state index in [9.17, 15) is 47.9 Å². The number of carbonyl (C=O) groups is 10. The zero-order valence-electron chi connectivity index (χ0n) is 44.0. The van der Waals surface area contributed by atoms with Gasteiger partial charge in [0, 0.05) is 68.3 Å². The summed E-state index contributed by atoms with van der Waals surface area (Å²) in [6, 6.07) is 0. The van der Waals surface area contributed by atoms with E-state index in [2.05, 4.69) is 50.1 Å². The molecule has 22 nitrogen and oxygen atoms in total. The van der Waals surface area contributed by atoms with E-state index < -0.39 is 59.9 Å². The van der Waals surface area contributed by atoms with Crippen LogP contribution in [0.2, 0.25) is 0 Å². The number of alkyl carbamates (subject to hydrolysis) is 2. The molecule has 2 amide bonds. The standard InChI is InChI=1S/C28H40O12S2.C22H34N2O8S2/c1-20(2)27(33)39-12-10-35-23(29)6-8-25(31)37-14-16-41-18-22(5)19-42-17-15-38-26(32)9-7-24(30)36-11-13-40-28(34)21(3)4;1-16(2)19(25)29-8-6-23-21(27)31-10-12-33-14-18(5)15-34-13-11-32-22(28)24-7-9-30-20(26)17(3)4/h1,3,5-19H2,2,4H3;1,3,5-15H2,2,4H3,(H,23,27)(H,24,28). The van der Waals surface area contributed by atoms with E-state index >= 15 is 0 Å². The zero-order chi connectivity index (χ0) is 57.5. The van der Waals surface area contributed by atoms with Gasteiger partial charge in [-0.25, -0.2) is 28.8 Å². The molecule has 0 atom stereocenters. The van der Waals surface area contributed by atoms with E-state index in [1.165, 1.54) is 13.8 Å². The number of hydrogen-bond donors (Lipinski definition) is 2. The Hall–Kier alpha value is -5.86. The first-order valence-corrected chi connectivity index (χ1v) is 28.1. The first kappa shape index (κ1) is 72.2. The summed E-state index contributed by atoms with van der Waals surface area (Å²) in [7, 11) is 0. The highest BCUT2D eigenvalue weighted by Crippen LogP contribution is 2.14. The molecular weight excluding hydrogens is 1080 g/mol. The first-order chi connectivity index (χ1) is 36.0. The second-order valence-corrected chi connectivity index (χ2v) is 19.8. The Labute approximate surface area is 462 Å².